The first-order valence-corrected chi connectivity index (χ1v) is 5.66. The largest absolute Gasteiger partial charge is 0.507 e. The third-order valence-electron chi connectivity index (χ3n) is 3.25. The molecule has 0 saturated heterocycles. The summed E-state index contributed by atoms with van der Waals surface area (Å²) >= 11 is 0. The lowest BCUT2D eigenvalue weighted by atomic mass is 9.75. The normalized spacial score (nSPS) is 15.7. The number of allylic oxidation sites excluding steroid dienone is 2. The van der Waals surface area contributed by atoms with Gasteiger partial charge in [-0.3, -0.25) is 9.59 Å². The van der Waals surface area contributed by atoms with Crippen molar-refractivity contribution >= 4 is 17.3 Å². The van der Waals surface area contributed by atoms with Crippen LogP contribution in [0.3, 0.4) is 0 Å². The summed E-state index contributed by atoms with van der Waals surface area (Å²) in [6.45, 7) is 7.13. The van der Waals surface area contributed by atoms with Crippen molar-refractivity contribution < 1.29 is 14.7 Å². The van der Waals surface area contributed by atoms with Gasteiger partial charge in [0.2, 0.25) is 11.6 Å². The number of ketones is 2. The maximum Gasteiger partial charge on any atom is 0.234 e. The predicted molar refractivity (Wildman–Crippen MR) is 69.3 cm³/mol. The first-order valence-electron chi connectivity index (χ1n) is 5.66. The summed E-state index contributed by atoms with van der Waals surface area (Å²) in [5, 5.41) is 10.2. The van der Waals surface area contributed by atoms with E-state index in [4.69, 9.17) is 0 Å². The summed E-state index contributed by atoms with van der Waals surface area (Å²) < 4.78 is 0. The van der Waals surface area contributed by atoms with E-state index in [0.717, 1.165) is 0 Å². The van der Waals surface area contributed by atoms with E-state index in [2.05, 4.69) is 6.58 Å². The van der Waals surface area contributed by atoms with Gasteiger partial charge >= 0.3 is 0 Å². The molecule has 0 fully saturated rings. The van der Waals surface area contributed by atoms with Crippen molar-refractivity contribution in [2.24, 2.45) is 5.41 Å². The maximum absolute atomic E-state index is 12.1. The zero-order valence-electron chi connectivity index (χ0n) is 10.4. The molecule has 0 amide bonds. The van der Waals surface area contributed by atoms with Gasteiger partial charge in [0.15, 0.2) is 0 Å². The molecule has 1 aromatic carbocycles. The third kappa shape index (κ3) is 1.59. The molecule has 1 aliphatic carbocycles. The van der Waals surface area contributed by atoms with Gasteiger partial charge in [0.1, 0.15) is 5.76 Å². The molecule has 3 nitrogen and oxygen atoms in total. The molecule has 18 heavy (non-hydrogen) atoms. The lowest BCUT2D eigenvalue weighted by Gasteiger charge is -2.27. The van der Waals surface area contributed by atoms with Crippen LogP contribution in [0.1, 0.15) is 29.8 Å². The SMILES string of the molecule is C=CC(C)(C)C1=C(O)c2ccccc2C(=O)C1=O. The Hall–Kier alpha value is -2.16. The van der Waals surface area contributed by atoms with E-state index in [1.807, 2.05) is 0 Å². The lowest BCUT2D eigenvalue weighted by molar-refractivity contribution is -0.112. The highest BCUT2D eigenvalue weighted by atomic mass is 16.3. The molecule has 0 atom stereocenters. The first kappa shape index (κ1) is 12.3. The summed E-state index contributed by atoms with van der Waals surface area (Å²) in [5.74, 6) is -1.36. The van der Waals surface area contributed by atoms with Crippen LogP contribution in [0.25, 0.3) is 5.76 Å². The van der Waals surface area contributed by atoms with Gasteiger partial charge in [-0.15, -0.1) is 6.58 Å². The van der Waals surface area contributed by atoms with Gasteiger partial charge < -0.3 is 5.11 Å². The van der Waals surface area contributed by atoms with Crippen molar-refractivity contribution in [3.05, 3.63) is 53.6 Å². The average Bonchev–Trinajstić information content (AvgIpc) is 2.36. The summed E-state index contributed by atoms with van der Waals surface area (Å²) in [7, 11) is 0. The second-order valence-corrected chi connectivity index (χ2v) is 4.85. The number of fused-ring (bicyclic) bond motifs is 1. The Morgan fingerprint density at radius 1 is 1.11 bits per heavy atom. The van der Waals surface area contributed by atoms with Crippen molar-refractivity contribution in [2.45, 2.75) is 13.8 Å². The van der Waals surface area contributed by atoms with E-state index < -0.39 is 17.0 Å². The Morgan fingerprint density at radius 3 is 2.22 bits per heavy atom. The molecule has 0 aromatic heterocycles. The second-order valence-electron chi connectivity index (χ2n) is 4.85. The number of carbonyl (C=O) groups is 2. The zero-order chi connectivity index (χ0) is 13.5. The van der Waals surface area contributed by atoms with E-state index in [9.17, 15) is 14.7 Å². The van der Waals surface area contributed by atoms with E-state index in [-0.39, 0.29) is 16.9 Å². The van der Waals surface area contributed by atoms with Crippen LogP contribution in [0.5, 0.6) is 0 Å². The van der Waals surface area contributed by atoms with Gasteiger partial charge in [-0.1, -0.05) is 44.2 Å². The Bertz CT molecular complexity index is 592. The minimum atomic E-state index is -0.746. The highest BCUT2D eigenvalue weighted by molar-refractivity contribution is 6.52. The molecule has 0 aliphatic heterocycles. The molecule has 1 aromatic rings. The minimum Gasteiger partial charge on any atom is -0.507 e. The summed E-state index contributed by atoms with van der Waals surface area (Å²) in [4.78, 5) is 24.1. The third-order valence-corrected chi connectivity index (χ3v) is 3.25. The van der Waals surface area contributed by atoms with Crippen molar-refractivity contribution in [1.82, 2.24) is 0 Å². The molecule has 1 aliphatic rings. The van der Waals surface area contributed by atoms with Gasteiger partial charge in [0, 0.05) is 16.5 Å². The number of carbonyl (C=O) groups excluding carboxylic acids is 2. The monoisotopic (exact) mass is 242 g/mol. The standard InChI is InChI=1S/C15H14O3/c1-4-15(2,3)11-12(16)9-7-5-6-8-10(9)13(17)14(11)18/h4-8,16H,1H2,2-3H3. The van der Waals surface area contributed by atoms with Crippen molar-refractivity contribution in [3.8, 4) is 0 Å². The fourth-order valence-corrected chi connectivity index (χ4v) is 2.07. The van der Waals surface area contributed by atoms with Crippen LogP contribution in [-0.2, 0) is 4.79 Å². The molecule has 0 heterocycles. The smallest absolute Gasteiger partial charge is 0.234 e. The summed E-state index contributed by atoms with van der Waals surface area (Å²) in [6.07, 6.45) is 1.55. The first-order chi connectivity index (χ1) is 8.40. The van der Waals surface area contributed by atoms with Crippen LogP contribution < -0.4 is 0 Å². The number of aliphatic hydroxyl groups is 1. The van der Waals surface area contributed by atoms with Crippen LogP contribution in [-0.4, -0.2) is 16.7 Å². The van der Waals surface area contributed by atoms with E-state index in [1.54, 1.807) is 44.2 Å². The van der Waals surface area contributed by atoms with Crippen molar-refractivity contribution in [3.63, 3.8) is 0 Å². The number of Topliss-reactive ketones (excluding diaryl/α,β-unsaturated/α-hetero) is 2. The number of hydrogen-bond acceptors (Lipinski definition) is 3. The summed E-state index contributed by atoms with van der Waals surface area (Å²) in [6, 6.07) is 6.56. The molecule has 0 saturated carbocycles. The average molecular weight is 242 g/mol. The molecular weight excluding hydrogens is 228 g/mol. The Kier molecular flexibility index (Phi) is 2.70. The molecule has 2 rings (SSSR count). The number of benzene rings is 1. The Morgan fingerprint density at radius 2 is 1.67 bits per heavy atom. The molecule has 0 spiro atoms. The second kappa shape index (κ2) is 3.95. The molecule has 3 heteroatoms. The number of aliphatic hydroxyl groups excluding tert-OH is 1. The zero-order valence-corrected chi connectivity index (χ0v) is 10.4. The lowest BCUT2D eigenvalue weighted by Crippen LogP contribution is -2.31. The predicted octanol–water partition coefficient (Wildman–Crippen LogP) is 2.93. The molecule has 0 radical (unpaired) electrons. The van der Waals surface area contributed by atoms with Crippen LogP contribution >= 0.6 is 0 Å². The van der Waals surface area contributed by atoms with Gasteiger partial charge in [-0.05, 0) is 0 Å². The highest BCUT2D eigenvalue weighted by Gasteiger charge is 2.39. The van der Waals surface area contributed by atoms with Crippen LogP contribution in [0.2, 0.25) is 0 Å². The van der Waals surface area contributed by atoms with Crippen LogP contribution in [0.15, 0.2) is 42.5 Å². The van der Waals surface area contributed by atoms with Crippen LogP contribution in [0.4, 0.5) is 0 Å². The van der Waals surface area contributed by atoms with Gasteiger partial charge in [-0.25, -0.2) is 0 Å². The quantitative estimate of drug-likeness (QED) is 0.640. The Balaban J connectivity index is 2.78. The van der Waals surface area contributed by atoms with Gasteiger partial charge in [0.05, 0.1) is 5.57 Å². The highest BCUT2D eigenvalue weighted by Crippen LogP contribution is 2.38. The molecular formula is C15H14O3. The number of hydrogen-bond donors (Lipinski definition) is 1. The minimum absolute atomic E-state index is 0.112. The Labute approximate surface area is 105 Å². The van der Waals surface area contributed by atoms with Gasteiger partial charge in [-0.2, -0.15) is 0 Å². The van der Waals surface area contributed by atoms with Crippen molar-refractivity contribution in [1.29, 1.82) is 0 Å². The molecule has 0 unspecified atom stereocenters. The fourth-order valence-electron chi connectivity index (χ4n) is 2.07. The van der Waals surface area contributed by atoms with Crippen LogP contribution in [0, 0.1) is 5.41 Å². The van der Waals surface area contributed by atoms with E-state index >= 15 is 0 Å². The summed E-state index contributed by atoms with van der Waals surface area (Å²) in [5.41, 5.74) is 0.0292. The topological polar surface area (TPSA) is 54.4 Å². The molecule has 1 N–H and O–H groups in total. The number of rotatable bonds is 2. The molecule has 92 valence electrons. The van der Waals surface area contributed by atoms with E-state index in [1.165, 1.54) is 0 Å². The fraction of sp³-hybridized carbons (Fsp3) is 0.200. The van der Waals surface area contributed by atoms with E-state index in [0.29, 0.717) is 5.56 Å². The maximum atomic E-state index is 12.1. The molecule has 0 bridgehead atoms. The van der Waals surface area contributed by atoms with Crippen molar-refractivity contribution in [2.75, 3.05) is 0 Å². The van der Waals surface area contributed by atoms with Gasteiger partial charge in [0.25, 0.3) is 0 Å².